The van der Waals surface area contributed by atoms with Crippen molar-refractivity contribution < 1.29 is 8.83 Å². The van der Waals surface area contributed by atoms with Crippen LogP contribution in [0.15, 0.2) is 185 Å². The van der Waals surface area contributed by atoms with Gasteiger partial charge < -0.3 is 13.7 Å². The molecule has 0 aliphatic carbocycles. The molecule has 0 bridgehead atoms. The average molecular weight is 628 g/mol. The van der Waals surface area contributed by atoms with Crippen LogP contribution in [0.3, 0.4) is 0 Å². The summed E-state index contributed by atoms with van der Waals surface area (Å²) in [6.45, 7) is 0. The maximum Gasteiger partial charge on any atom is 0.137 e. The molecule has 0 aliphatic heterocycles. The van der Waals surface area contributed by atoms with Crippen LogP contribution in [-0.4, -0.2) is 0 Å². The van der Waals surface area contributed by atoms with Crippen molar-refractivity contribution in [2.45, 2.75) is 0 Å². The summed E-state index contributed by atoms with van der Waals surface area (Å²) in [6, 6.07) is 62.2. The average Bonchev–Trinajstić information content (AvgIpc) is 3.72. The summed E-state index contributed by atoms with van der Waals surface area (Å²) < 4.78 is 12.5. The number of furan rings is 2. The molecule has 2 heterocycles. The van der Waals surface area contributed by atoms with E-state index in [4.69, 9.17) is 8.83 Å². The molecule has 49 heavy (non-hydrogen) atoms. The molecule has 8 aromatic carbocycles. The molecular weight excluding hydrogens is 599 g/mol. The number of hydrogen-bond acceptors (Lipinski definition) is 3. The van der Waals surface area contributed by atoms with Crippen molar-refractivity contribution in [3.8, 4) is 22.3 Å². The molecule has 0 saturated carbocycles. The number of anilines is 3. The highest BCUT2D eigenvalue weighted by Gasteiger charge is 2.17. The largest absolute Gasteiger partial charge is 0.456 e. The Morgan fingerprint density at radius 3 is 1.65 bits per heavy atom. The molecule has 0 atom stereocenters. The van der Waals surface area contributed by atoms with E-state index < -0.39 is 0 Å². The smallest absolute Gasteiger partial charge is 0.137 e. The third kappa shape index (κ3) is 4.67. The zero-order valence-corrected chi connectivity index (χ0v) is 26.5. The highest BCUT2D eigenvalue weighted by atomic mass is 16.3. The monoisotopic (exact) mass is 627 g/mol. The van der Waals surface area contributed by atoms with Gasteiger partial charge in [-0.15, -0.1) is 0 Å². The van der Waals surface area contributed by atoms with Crippen molar-refractivity contribution in [1.82, 2.24) is 0 Å². The van der Waals surface area contributed by atoms with E-state index in [0.29, 0.717) is 0 Å². The number of fused-ring (bicyclic) bond motifs is 7. The Hall–Kier alpha value is -6.58. The standard InChI is InChI=1S/C46H29NO2/c1-2-9-30(10-3-1)32-11-8-12-37(26-32)47(38-23-24-41-39-13-4-6-15-43(39)49-46(41)29-38)36-21-19-31(20-22-36)33-17-18-34-28-45-42(27-35(34)25-33)40-14-5-7-16-44(40)48-45/h1-29H. The lowest BCUT2D eigenvalue weighted by molar-refractivity contribution is 0.669. The fourth-order valence-corrected chi connectivity index (χ4v) is 7.21. The first-order valence-electron chi connectivity index (χ1n) is 16.6. The van der Waals surface area contributed by atoms with Gasteiger partial charge in [-0.2, -0.15) is 0 Å². The molecule has 10 rings (SSSR count). The Balaban J connectivity index is 1.08. The van der Waals surface area contributed by atoms with Gasteiger partial charge in [0.2, 0.25) is 0 Å². The predicted molar refractivity (Wildman–Crippen MR) is 204 cm³/mol. The predicted octanol–water partition coefficient (Wildman–Crippen LogP) is 13.4. The van der Waals surface area contributed by atoms with Gasteiger partial charge in [-0.05, 0) is 99.8 Å². The first kappa shape index (κ1) is 27.5. The third-order valence-corrected chi connectivity index (χ3v) is 9.63. The van der Waals surface area contributed by atoms with Crippen LogP contribution >= 0.6 is 0 Å². The van der Waals surface area contributed by atoms with Crippen molar-refractivity contribution in [2.75, 3.05) is 4.90 Å². The molecule has 2 aromatic heterocycles. The summed E-state index contributed by atoms with van der Waals surface area (Å²) in [5.74, 6) is 0. The summed E-state index contributed by atoms with van der Waals surface area (Å²) in [5, 5.41) is 6.89. The van der Waals surface area contributed by atoms with Crippen LogP contribution in [-0.2, 0) is 0 Å². The summed E-state index contributed by atoms with van der Waals surface area (Å²) in [7, 11) is 0. The van der Waals surface area contributed by atoms with Crippen LogP contribution in [0.25, 0.3) is 76.9 Å². The summed E-state index contributed by atoms with van der Waals surface area (Å²) in [4.78, 5) is 2.31. The highest BCUT2D eigenvalue weighted by molar-refractivity contribution is 6.10. The maximum atomic E-state index is 6.33. The van der Waals surface area contributed by atoms with E-state index in [0.717, 1.165) is 71.9 Å². The van der Waals surface area contributed by atoms with E-state index >= 15 is 0 Å². The first-order chi connectivity index (χ1) is 24.2. The number of rotatable bonds is 5. The van der Waals surface area contributed by atoms with E-state index in [9.17, 15) is 0 Å². The van der Waals surface area contributed by atoms with Gasteiger partial charge in [-0.1, -0.05) is 103 Å². The minimum Gasteiger partial charge on any atom is -0.456 e. The summed E-state index contributed by atoms with van der Waals surface area (Å²) >= 11 is 0. The number of benzene rings is 8. The molecular formula is C46H29NO2. The van der Waals surface area contributed by atoms with Gasteiger partial charge in [0.05, 0.1) is 0 Å². The number of para-hydroxylation sites is 2. The molecule has 0 aliphatic rings. The minimum absolute atomic E-state index is 0.871. The van der Waals surface area contributed by atoms with E-state index in [1.165, 1.54) is 22.1 Å². The molecule has 0 fully saturated rings. The van der Waals surface area contributed by atoms with E-state index in [2.05, 4.69) is 157 Å². The van der Waals surface area contributed by atoms with Crippen molar-refractivity contribution in [2.24, 2.45) is 0 Å². The Labute approximate surface area is 282 Å². The normalized spacial score (nSPS) is 11.7. The van der Waals surface area contributed by atoms with Crippen molar-refractivity contribution in [1.29, 1.82) is 0 Å². The van der Waals surface area contributed by atoms with E-state index in [-0.39, 0.29) is 0 Å². The summed E-state index contributed by atoms with van der Waals surface area (Å²) in [5.41, 5.74) is 11.5. The molecule has 10 aromatic rings. The van der Waals surface area contributed by atoms with Gasteiger partial charge in [0, 0.05) is 44.7 Å². The molecule has 0 N–H and O–H groups in total. The lowest BCUT2D eigenvalue weighted by Crippen LogP contribution is -2.10. The van der Waals surface area contributed by atoms with Gasteiger partial charge in [-0.3, -0.25) is 0 Å². The second kappa shape index (κ2) is 11.0. The molecule has 0 unspecified atom stereocenters. The molecule has 0 amide bonds. The van der Waals surface area contributed by atoms with Crippen LogP contribution in [0.1, 0.15) is 0 Å². The lowest BCUT2D eigenvalue weighted by Gasteiger charge is -2.26. The minimum atomic E-state index is 0.871. The van der Waals surface area contributed by atoms with Crippen molar-refractivity contribution >= 4 is 71.7 Å². The molecule has 3 nitrogen and oxygen atoms in total. The quantitative estimate of drug-likeness (QED) is 0.190. The highest BCUT2D eigenvalue weighted by Crippen LogP contribution is 2.41. The number of hydrogen-bond donors (Lipinski definition) is 0. The van der Waals surface area contributed by atoms with Crippen molar-refractivity contribution in [3.05, 3.63) is 176 Å². The SMILES string of the molecule is c1ccc(-c2cccc(N(c3ccc(-c4ccc5cc6oc7ccccc7c6cc5c4)cc3)c3ccc4c(c3)oc3ccccc34)c2)cc1. The molecule has 3 heteroatoms. The zero-order valence-electron chi connectivity index (χ0n) is 26.5. The van der Waals surface area contributed by atoms with E-state index in [1.807, 2.05) is 24.3 Å². The van der Waals surface area contributed by atoms with Crippen LogP contribution in [0.5, 0.6) is 0 Å². The molecule has 0 saturated heterocycles. The third-order valence-electron chi connectivity index (χ3n) is 9.63. The topological polar surface area (TPSA) is 29.5 Å². The Morgan fingerprint density at radius 1 is 0.286 bits per heavy atom. The Kier molecular flexibility index (Phi) is 6.18. The first-order valence-corrected chi connectivity index (χ1v) is 16.6. The summed E-state index contributed by atoms with van der Waals surface area (Å²) in [6.07, 6.45) is 0. The second-order valence-electron chi connectivity index (χ2n) is 12.6. The van der Waals surface area contributed by atoms with Crippen molar-refractivity contribution in [3.63, 3.8) is 0 Å². The molecule has 0 spiro atoms. The second-order valence-corrected chi connectivity index (χ2v) is 12.6. The van der Waals surface area contributed by atoms with Gasteiger partial charge in [-0.25, -0.2) is 0 Å². The van der Waals surface area contributed by atoms with Gasteiger partial charge >= 0.3 is 0 Å². The van der Waals surface area contributed by atoms with Crippen LogP contribution < -0.4 is 4.90 Å². The Morgan fingerprint density at radius 2 is 0.857 bits per heavy atom. The van der Waals surface area contributed by atoms with Crippen LogP contribution in [0, 0.1) is 0 Å². The van der Waals surface area contributed by atoms with E-state index in [1.54, 1.807) is 0 Å². The molecule has 0 radical (unpaired) electrons. The maximum absolute atomic E-state index is 6.33. The van der Waals surface area contributed by atoms with Gasteiger partial charge in [0.15, 0.2) is 0 Å². The fourth-order valence-electron chi connectivity index (χ4n) is 7.21. The van der Waals surface area contributed by atoms with Crippen LogP contribution in [0.4, 0.5) is 17.1 Å². The zero-order chi connectivity index (χ0) is 32.3. The Bertz CT molecular complexity index is 2830. The lowest BCUT2D eigenvalue weighted by atomic mass is 9.99. The molecule has 230 valence electrons. The van der Waals surface area contributed by atoms with Gasteiger partial charge in [0.25, 0.3) is 0 Å². The van der Waals surface area contributed by atoms with Gasteiger partial charge in [0.1, 0.15) is 22.3 Å². The number of nitrogens with zero attached hydrogens (tertiary/aromatic N) is 1. The fraction of sp³-hybridized carbons (Fsp3) is 0. The van der Waals surface area contributed by atoms with Crippen LogP contribution in [0.2, 0.25) is 0 Å².